The Morgan fingerprint density at radius 2 is 1.76 bits per heavy atom. The zero-order chi connectivity index (χ0) is 16.7. The van der Waals surface area contributed by atoms with Crippen LogP contribution in [-0.2, 0) is 7.05 Å². The van der Waals surface area contributed by atoms with Crippen LogP contribution in [0.5, 0.6) is 5.75 Å². The maximum Gasteiger partial charge on any atom is 0.160 e. The van der Waals surface area contributed by atoms with Gasteiger partial charge in [-0.05, 0) is 37.3 Å². The van der Waals surface area contributed by atoms with E-state index in [2.05, 4.69) is 16.5 Å². The van der Waals surface area contributed by atoms with E-state index in [-0.39, 0.29) is 12.4 Å². The van der Waals surface area contributed by atoms with Gasteiger partial charge in [-0.2, -0.15) is 5.10 Å². The zero-order valence-corrected chi connectivity index (χ0v) is 15.1. The molecule has 25 heavy (non-hydrogen) atoms. The van der Waals surface area contributed by atoms with E-state index < -0.39 is 0 Å². The highest BCUT2D eigenvalue weighted by Crippen LogP contribution is 2.34. The fourth-order valence-electron chi connectivity index (χ4n) is 3.05. The minimum Gasteiger partial charge on any atom is -0.497 e. The zero-order valence-electron chi connectivity index (χ0n) is 14.3. The Balaban J connectivity index is 0.00000182. The molecular weight excluding hydrogens is 336 g/mol. The molecule has 2 heterocycles. The van der Waals surface area contributed by atoms with Crippen LogP contribution in [0.2, 0.25) is 0 Å². The number of methoxy groups -OCH3 is 1. The van der Waals surface area contributed by atoms with Gasteiger partial charge in [0.1, 0.15) is 5.75 Å². The van der Waals surface area contributed by atoms with Gasteiger partial charge in [0.25, 0.3) is 0 Å². The van der Waals surface area contributed by atoms with Crippen LogP contribution in [0.4, 0.5) is 11.4 Å². The number of para-hydroxylation sites is 1. The summed E-state index contributed by atoms with van der Waals surface area (Å²) in [7, 11) is 3.59. The number of ether oxygens (including phenoxy) is 1. The van der Waals surface area contributed by atoms with Gasteiger partial charge in [0.2, 0.25) is 0 Å². The minimum atomic E-state index is 0. The van der Waals surface area contributed by atoms with Gasteiger partial charge in [0, 0.05) is 18.1 Å². The molecule has 4 rings (SSSR count). The lowest BCUT2D eigenvalue weighted by Gasteiger charge is -2.12. The second-order valence-corrected chi connectivity index (χ2v) is 5.77. The van der Waals surface area contributed by atoms with Crippen LogP contribution in [0.1, 0.15) is 5.69 Å². The number of hydrogen-bond acceptors (Lipinski definition) is 4. The predicted octanol–water partition coefficient (Wildman–Crippen LogP) is 4.60. The number of nitrogens with one attached hydrogen (secondary N) is 1. The van der Waals surface area contributed by atoms with Crippen LogP contribution < -0.4 is 10.1 Å². The number of aryl methyl sites for hydroxylation is 2. The first kappa shape index (κ1) is 17.0. The van der Waals surface area contributed by atoms with E-state index in [1.165, 1.54) is 0 Å². The summed E-state index contributed by atoms with van der Waals surface area (Å²) in [5.41, 5.74) is 4.82. The van der Waals surface area contributed by atoms with Crippen molar-refractivity contribution in [2.45, 2.75) is 6.92 Å². The van der Waals surface area contributed by atoms with Crippen molar-refractivity contribution in [3.05, 3.63) is 54.2 Å². The quantitative estimate of drug-likeness (QED) is 0.584. The molecule has 4 aromatic rings. The number of halogens is 1. The van der Waals surface area contributed by atoms with Crippen molar-refractivity contribution in [1.82, 2.24) is 14.8 Å². The Bertz CT molecular complexity index is 1040. The summed E-state index contributed by atoms with van der Waals surface area (Å²) < 4.78 is 7.06. The lowest BCUT2D eigenvalue weighted by molar-refractivity contribution is 0.415. The molecule has 6 heteroatoms. The van der Waals surface area contributed by atoms with Crippen LogP contribution in [0.3, 0.4) is 0 Å². The van der Waals surface area contributed by atoms with Gasteiger partial charge in [-0.1, -0.05) is 18.2 Å². The third-order valence-corrected chi connectivity index (χ3v) is 4.20. The minimum absolute atomic E-state index is 0. The average molecular weight is 355 g/mol. The third kappa shape index (κ3) is 2.87. The van der Waals surface area contributed by atoms with Crippen molar-refractivity contribution in [2.24, 2.45) is 7.05 Å². The summed E-state index contributed by atoms with van der Waals surface area (Å²) in [6.45, 7) is 2.01. The number of nitrogens with zero attached hydrogens (tertiary/aromatic N) is 3. The number of benzene rings is 2. The first-order valence-electron chi connectivity index (χ1n) is 7.80. The molecule has 0 amide bonds. The van der Waals surface area contributed by atoms with Crippen molar-refractivity contribution >= 4 is 45.7 Å². The van der Waals surface area contributed by atoms with Gasteiger partial charge < -0.3 is 10.1 Å². The van der Waals surface area contributed by atoms with E-state index in [9.17, 15) is 0 Å². The van der Waals surface area contributed by atoms with Crippen LogP contribution in [0.15, 0.2) is 48.5 Å². The van der Waals surface area contributed by atoms with E-state index in [0.717, 1.165) is 44.8 Å². The highest BCUT2D eigenvalue weighted by Gasteiger charge is 2.15. The highest BCUT2D eigenvalue weighted by molar-refractivity contribution is 6.08. The van der Waals surface area contributed by atoms with Gasteiger partial charge in [-0.3, -0.25) is 4.68 Å². The summed E-state index contributed by atoms with van der Waals surface area (Å²) in [6.07, 6.45) is 0. The molecule has 0 atom stereocenters. The first-order chi connectivity index (χ1) is 11.7. The largest absolute Gasteiger partial charge is 0.497 e. The molecule has 0 radical (unpaired) electrons. The lowest BCUT2D eigenvalue weighted by atomic mass is 10.1. The average Bonchev–Trinajstić information content (AvgIpc) is 2.89. The molecule has 5 nitrogen and oxygen atoms in total. The molecular formula is C19H19ClN4O. The number of hydrogen-bond donors (Lipinski definition) is 1. The summed E-state index contributed by atoms with van der Waals surface area (Å²) >= 11 is 0. The van der Waals surface area contributed by atoms with Crippen molar-refractivity contribution in [3.8, 4) is 5.75 Å². The number of pyridine rings is 1. The fraction of sp³-hybridized carbons (Fsp3) is 0.158. The maximum atomic E-state index is 5.23. The molecule has 0 aliphatic heterocycles. The second kappa shape index (κ2) is 6.61. The van der Waals surface area contributed by atoms with Gasteiger partial charge in [-0.25, -0.2) is 4.98 Å². The van der Waals surface area contributed by atoms with Crippen LogP contribution in [0, 0.1) is 6.92 Å². The normalized spacial score (nSPS) is 10.7. The summed E-state index contributed by atoms with van der Waals surface area (Å²) in [5.74, 6) is 0.836. The topological polar surface area (TPSA) is 52.0 Å². The Hall–Kier alpha value is -2.79. The van der Waals surface area contributed by atoms with Crippen molar-refractivity contribution in [3.63, 3.8) is 0 Å². The van der Waals surface area contributed by atoms with Crippen molar-refractivity contribution in [1.29, 1.82) is 0 Å². The number of anilines is 2. The predicted molar refractivity (Wildman–Crippen MR) is 104 cm³/mol. The van der Waals surface area contributed by atoms with Crippen LogP contribution in [0.25, 0.3) is 21.9 Å². The van der Waals surface area contributed by atoms with E-state index in [1.807, 2.05) is 61.1 Å². The molecule has 0 fully saturated rings. The Morgan fingerprint density at radius 3 is 2.48 bits per heavy atom. The first-order valence-corrected chi connectivity index (χ1v) is 7.80. The van der Waals surface area contributed by atoms with Gasteiger partial charge in [0.15, 0.2) is 5.65 Å². The smallest absolute Gasteiger partial charge is 0.160 e. The van der Waals surface area contributed by atoms with Gasteiger partial charge >= 0.3 is 0 Å². The summed E-state index contributed by atoms with van der Waals surface area (Å²) in [4.78, 5) is 4.77. The Morgan fingerprint density at radius 1 is 1.04 bits per heavy atom. The highest BCUT2D eigenvalue weighted by atomic mass is 35.5. The molecule has 1 N–H and O–H groups in total. The fourth-order valence-corrected chi connectivity index (χ4v) is 3.05. The number of rotatable bonds is 3. The molecule has 2 aromatic carbocycles. The lowest BCUT2D eigenvalue weighted by Crippen LogP contribution is -1.97. The molecule has 0 aliphatic rings. The summed E-state index contributed by atoms with van der Waals surface area (Å²) in [5, 5.41) is 10.2. The molecule has 0 saturated heterocycles. The Kier molecular flexibility index (Phi) is 4.51. The number of aromatic nitrogens is 3. The third-order valence-electron chi connectivity index (χ3n) is 4.20. The second-order valence-electron chi connectivity index (χ2n) is 5.77. The summed E-state index contributed by atoms with van der Waals surface area (Å²) in [6, 6.07) is 16.0. The van der Waals surface area contributed by atoms with Crippen molar-refractivity contribution in [2.75, 3.05) is 12.4 Å². The maximum absolute atomic E-state index is 5.23. The Labute approximate surface area is 152 Å². The molecule has 0 unspecified atom stereocenters. The van der Waals surface area contributed by atoms with E-state index in [1.54, 1.807) is 7.11 Å². The van der Waals surface area contributed by atoms with Crippen molar-refractivity contribution < 1.29 is 4.74 Å². The molecule has 0 spiro atoms. The van der Waals surface area contributed by atoms with Gasteiger partial charge in [-0.15, -0.1) is 12.4 Å². The molecule has 0 aliphatic carbocycles. The standard InChI is InChI=1S/C19H18N4O.ClH/c1-12-17-18(20-13-8-10-14(24-3)11-9-13)15-6-4-5-7-16(15)21-19(17)23(2)22-12;/h4-11H,1-3H3,(H,20,21);1H. The molecule has 128 valence electrons. The molecule has 0 bridgehead atoms. The molecule has 0 saturated carbocycles. The van der Waals surface area contributed by atoms with E-state index >= 15 is 0 Å². The van der Waals surface area contributed by atoms with Crippen LogP contribution in [-0.4, -0.2) is 21.9 Å². The van der Waals surface area contributed by atoms with E-state index in [4.69, 9.17) is 9.72 Å². The van der Waals surface area contributed by atoms with E-state index in [0.29, 0.717) is 0 Å². The number of fused-ring (bicyclic) bond motifs is 2. The molecule has 2 aromatic heterocycles. The van der Waals surface area contributed by atoms with Crippen LogP contribution >= 0.6 is 12.4 Å². The SMILES string of the molecule is COc1ccc(Nc2c3ccccc3nc3c2c(C)nn3C)cc1.Cl. The monoisotopic (exact) mass is 354 g/mol. The van der Waals surface area contributed by atoms with Gasteiger partial charge in [0.05, 0.1) is 29.4 Å².